The molecule has 2 heterocycles. The zero-order valence-corrected chi connectivity index (χ0v) is 12.8. The van der Waals surface area contributed by atoms with E-state index in [1.54, 1.807) is 6.07 Å². The lowest BCUT2D eigenvalue weighted by atomic mass is 10.1. The van der Waals surface area contributed by atoms with Crippen molar-refractivity contribution in [2.45, 2.75) is 26.9 Å². The van der Waals surface area contributed by atoms with Crippen molar-refractivity contribution in [3.8, 4) is 11.3 Å². The Balaban J connectivity index is 1.64. The van der Waals surface area contributed by atoms with E-state index in [0.717, 1.165) is 23.0 Å². The summed E-state index contributed by atoms with van der Waals surface area (Å²) < 4.78 is 31.8. The van der Waals surface area contributed by atoms with Crippen molar-refractivity contribution in [1.82, 2.24) is 20.7 Å². The second kappa shape index (κ2) is 6.29. The van der Waals surface area contributed by atoms with Gasteiger partial charge in [-0.1, -0.05) is 5.16 Å². The molecule has 0 atom stereocenters. The van der Waals surface area contributed by atoms with Crippen LogP contribution in [0.15, 0.2) is 28.8 Å². The zero-order chi connectivity index (χ0) is 16.4. The van der Waals surface area contributed by atoms with E-state index in [-0.39, 0.29) is 11.3 Å². The third-order valence-corrected chi connectivity index (χ3v) is 3.71. The highest BCUT2D eigenvalue weighted by atomic mass is 19.1. The van der Waals surface area contributed by atoms with Gasteiger partial charge in [0.25, 0.3) is 0 Å². The molecular weight excluding hydrogens is 302 g/mol. The summed E-state index contributed by atoms with van der Waals surface area (Å²) >= 11 is 0. The molecule has 0 aliphatic heterocycles. The molecule has 0 aliphatic carbocycles. The summed E-state index contributed by atoms with van der Waals surface area (Å²) in [6.45, 7) is 5.01. The number of nitrogens with one attached hydrogen (secondary N) is 2. The number of aromatic amines is 1. The molecule has 0 bridgehead atoms. The highest BCUT2D eigenvalue weighted by molar-refractivity contribution is 5.58. The van der Waals surface area contributed by atoms with Gasteiger partial charge < -0.3 is 9.84 Å². The molecule has 2 aromatic heterocycles. The van der Waals surface area contributed by atoms with Gasteiger partial charge in [-0.3, -0.25) is 5.10 Å². The minimum Gasteiger partial charge on any atom is -0.356 e. The third-order valence-electron chi connectivity index (χ3n) is 3.71. The zero-order valence-electron chi connectivity index (χ0n) is 12.8. The molecule has 3 aromatic rings. The lowest BCUT2D eigenvalue weighted by Gasteiger charge is -2.00. The molecule has 0 radical (unpaired) electrons. The largest absolute Gasteiger partial charge is 0.356 e. The SMILES string of the molecule is Cc1[nH]nc(CNCc2cc(-c3ccc(F)cc3F)on2)c1C. The van der Waals surface area contributed by atoms with Gasteiger partial charge in [-0.2, -0.15) is 5.10 Å². The van der Waals surface area contributed by atoms with E-state index < -0.39 is 11.6 Å². The first-order chi connectivity index (χ1) is 11.0. The van der Waals surface area contributed by atoms with E-state index in [0.29, 0.717) is 18.8 Å². The Kier molecular flexibility index (Phi) is 4.20. The second-order valence-electron chi connectivity index (χ2n) is 5.33. The van der Waals surface area contributed by atoms with E-state index >= 15 is 0 Å². The van der Waals surface area contributed by atoms with Crippen molar-refractivity contribution in [1.29, 1.82) is 0 Å². The first-order valence-corrected chi connectivity index (χ1v) is 7.17. The molecule has 0 amide bonds. The maximum Gasteiger partial charge on any atom is 0.170 e. The number of hydrogen-bond donors (Lipinski definition) is 2. The highest BCUT2D eigenvalue weighted by Crippen LogP contribution is 2.24. The predicted octanol–water partition coefficient (Wildman–Crippen LogP) is 3.25. The lowest BCUT2D eigenvalue weighted by molar-refractivity contribution is 0.417. The summed E-state index contributed by atoms with van der Waals surface area (Å²) in [5, 5.41) is 14.2. The summed E-state index contributed by atoms with van der Waals surface area (Å²) in [6, 6.07) is 4.96. The van der Waals surface area contributed by atoms with Gasteiger partial charge >= 0.3 is 0 Å². The minimum atomic E-state index is -0.678. The maximum absolute atomic E-state index is 13.7. The fourth-order valence-corrected chi connectivity index (χ4v) is 2.23. The van der Waals surface area contributed by atoms with Gasteiger partial charge in [0.05, 0.1) is 17.0 Å². The van der Waals surface area contributed by atoms with Crippen molar-refractivity contribution in [3.63, 3.8) is 0 Å². The summed E-state index contributed by atoms with van der Waals surface area (Å²) in [4.78, 5) is 0. The van der Waals surface area contributed by atoms with Crippen LogP contribution in [0.3, 0.4) is 0 Å². The first kappa shape index (κ1) is 15.4. The average Bonchev–Trinajstić information content (AvgIpc) is 3.09. The number of rotatable bonds is 5. The normalized spacial score (nSPS) is 11.1. The van der Waals surface area contributed by atoms with Gasteiger partial charge in [0.1, 0.15) is 11.6 Å². The quantitative estimate of drug-likeness (QED) is 0.758. The van der Waals surface area contributed by atoms with Crippen LogP contribution in [0.2, 0.25) is 0 Å². The van der Waals surface area contributed by atoms with Gasteiger partial charge in [-0.05, 0) is 31.5 Å². The number of halogens is 2. The number of nitrogens with zero attached hydrogens (tertiary/aromatic N) is 2. The molecule has 2 N–H and O–H groups in total. The van der Waals surface area contributed by atoms with Crippen molar-refractivity contribution >= 4 is 0 Å². The number of aromatic nitrogens is 3. The van der Waals surface area contributed by atoms with Crippen LogP contribution in [-0.2, 0) is 13.1 Å². The predicted molar refractivity (Wildman–Crippen MR) is 80.5 cm³/mol. The van der Waals surface area contributed by atoms with Crippen molar-refractivity contribution < 1.29 is 13.3 Å². The van der Waals surface area contributed by atoms with Crippen LogP contribution in [0, 0.1) is 25.5 Å². The molecule has 0 unspecified atom stereocenters. The maximum atomic E-state index is 13.7. The number of benzene rings is 1. The van der Waals surface area contributed by atoms with Gasteiger partial charge in [-0.25, -0.2) is 8.78 Å². The van der Waals surface area contributed by atoms with Gasteiger partial charge in [0, 0.05) is 30.9 Å². The third kappa shape index (κ3) is 3.29. The Morgan fingerprint density at radius 2 is 2.00 bits per heavy atom. The molecule has 0 fully saturated rings. The monoisotopic (exact) mass is 318 g/mol. The Morgan fingerprint density at radius 3 is 2.70 bits per heavy atom. The molecule has 0 saturated heterocycles. The fourth-order valence-electron chi connectivity index (χ4n) is 2.23. The molecule has 120 valence electrons. The van der Waals surface area contributed by atoms with Gasteiger partial charge in [-0.15, -0.1) is 0 Å². The van der Waals surface area contributed by atoms with Gasteiger partial charge in [0.2, 0.25) is 0 Å². The molecule has 0 spiro atoms. The Labute approximate surface area is 131 Å². The van der Waals surface area contributed by atoms with Crippen LogP contribution >= 0.6 is 0 Å². The fraction of sp³-hybridized carbons (Fsp3) is 0.250. The summed E-state index contributed by atoms with van der Waals surface area (Å²) in [5.74, 6) is -1.04. The number of aryl methyl sites for hydroxylation is 1. The van der Waals surface area contributed by atoms with E-state index in [1.807, 2.05) is 13.8 Å². The number of hydrogen-bond acceptors (Lipinski definition) is 4. The molecular formula is C16H16F2N4O. The summed E-state index contributed by atoms with van der Waals surface area (Å²) in [5.41, 5.74) is 3.91. The Bertz CT molecular complexity index is 825. The topological polar surface area (TPSA) is 66.7 Å². The van der Waals surface area contributed by atoms with Crippen molar-refractivity contribution in [3.05, 3.63) is 58.5 Å². The molecule has 1 aromatic carbocycles. The van der Waals surface area contributed by atoms with Crippen LogP contribution < -0.4 is 5.32 Å². The smallest absolute Gasteiger partial charge is 0.170 e. The molecule has 0 saturated carbocycles. The Hall–Kier alpha value is -2.54. The number of H-pyrrole nitrogens is 1. The molecule has 23 heavy (non-hydrogen) atoms. The van der Waals surface area contributed by atoms with Gasteiger partial charge in [0.15, 0.2) is 5.76 Å². The van der Waals surface area contributed by atoms with E-state index in [4.69, 9.17) is 4.52 Å². The van der Waals surface area contributed by atoms with E-state index in [2.05, 4.69) is 20.7 Å². The minimum absolute atomic E-state index is 0.184. The van der Waals surface area contributed by atoms with Crippen LogP contribution in [-0.4, -0.2) is 15.4 Å². The lowest BCUT2D eigenvalue weighted by Crippen LogP contribution is -2.13. The molecule has 0 aliphatic rings. The van der Waals surface area contributed by atoms with E-state index in [1.165, 1.54) is 12.1 Å². The average molecular weight is 318 g/mol. The molecule has 5 nitrogen and oxygen atoms in total. The van der Waals surface area contributed by atoms with E-state index in [9.17, 15) is 8.78 Å². The molecule has 3 rings (SSSR count). The Morgan fingerprint density at radius 1 is 1.17 bits per heavy atom. The first-order valence-electron chi connectivity index (χ1n) is 7.17. The second-order valence-corrected chi connectivity index (χ2v) is 5.33. The van der Waals surface area contributed by atoms with Crippen LogP contribution in [0.4, 0.5) is 8.78 Å². The standard InChI is InChI=1S/C16H16F2N4O/c1-9-10(2)20-21-15(9)8-19-7-12-6-16(23-22-12)13-4-3-11(17)5-14(13)18/h3-6,19H,7-8H2,1-2H3,(H,20,21). The van der Waals surface area contributed by atoms with Crippen molar-refractivity contribution in [2.75, 3.05) is 0 Å². The van der Waals surface area contributed by atoms with Crippen LogP contribution in [0.25, 0.3) is 11.3 Å². The van der Waals surface area contributed by atoms with Crippen LogP contribution in [0.1, 0.15) is 22.6 Å². The summed E-state index contributed by atoms with van der Waals surface area (Å²) in [6.07, 6.45) is 0. The van der Waals surface area contributed by atoms with Crippen molar-refractivity contribution in [2.24, 2.45) is 0 Å². The summed E-state index contributed by atoms with van der Waals surface area (Å²) in [7, 11) is 0. The highest BCUT2D eigenvalue weighted by Gasteiger charge is 2.12. The molecule has 7 heteroatoms. The van der Waals surface area contributed by atoms with Crippen LogP contribution in [0.5, 0.6) is 0 Å².